The zero-order valence-corrected chi connectivity index (χ0v) is 16.8. The average Bonchev–Trinajstić information content (AvgIpc) is 2.46. The minimum Gasteiger partial charge on any atom is -0.393 e. The number of likely N-dealkylation sites (tertiary alicyclic amines) is 1. The number of nitrogens with zero attached hydrogens (tertiary/aromatic N) is 2. The largest absolute Gasteiger partial charge is 0.393 e. The summed E-state index contributed by atoms with van der Waals surface area (Å²) < 4.78 is 0. The van der Waals surface area contributed by atoms with Crippen molar-refractivity contribution in [3.8, 4) is 0 Å². The average molecular weight is 431 g/mol. The zero-order chi connectivity index (χ0) is 15.9. The van der Waals surface area contributed by atoms with Crippen LogP contribution >= 0.6 is 24.0 Å². The van der Waals surface area contributed by atoms with Gasteiger partial charge in [0.1, 0.15) is 0 Å². The SMILES string of the molecule is CCNC(=NCCc1cc(C)cc(C)c1)N1CCC(O)CC1.I. The fourth-order valence-electron chi connectivity index (χ4n) is 3.01. The van der Waals surface area contributed by atoms with Gasteiger partial charge in [-0.3, -0.25) is 4.99 Å². The van der Waals surface area contributed by atoms with Gasteiger partial charge in [-0.2, -0.15) is 0 Å². The van der Waals surface area contributed by atoms with Crippen LogP contribution in [0.25, 0.3) is 0 Å². The summed E-state index contributed by atoms with van der Waals surface area (Å²) in [4.78, 5) is 7.03. The number of piperidine rings is 1. The maximum Gasteiger partial charge on any atom is 0.193 e. The quantitative estimate of drug-likeness (QED) is 0.438. The Kier molecular flexibility index (Phi) is 8.91. The molecule has 23 heavy (non-hydrogen) atoms. The van der Waals surface area contributed by atoms with Gasteiger partial charge in [-0.15, -0.1) is 24.0 Å². The molecule has 0 spiro atoms. The fraction of sp³-hybridized carbons (Fsp3) is 0.611. The highest BCUT2D eigenvalue weighted by Gasteiger charge is 2.19. The first-order chi connectivity index (χ1) is 10.6. The molecule has 0 unspecified atom stereocenters. The van der Waals surface area contributed by atoms with Gasteiger partial charge in [-0.25, -0.2) is 0 Å². The number of hydrogen-bond donors (Lipinski definition) is 2. The summed E-state index contributed by atoms with van der Waals surface area (Å²) in [5.74, 6) is 0.985. The molecule has 0 saturated carbocycles. The number of benzene rings is 1. The Morgan fingerprint density at radius 2 is 1.83 bits per heavy atom. The van der Waals surface area contributed by atoms with E-state index in [-0.39, 0.29) is 30.1 Å². The smallest absolute Gasteiger partial charge is 0.193 e. The molecule has 1 aliphatic heterocycles. The van der Waals surface area contributed by atoms with Gasteiger partial charge in [-0.05, 0) is 45.6 Å². The van der Waals surface area contributed by atoms with Gasteiger partial charge in [0, 0.05) is 26.2 Å². The predicted octanol–water partition coefficient (Wildman–Crippen LogP) is 2.89. The normalized spacial score (nSPS) is 16.2. The summed E-state index contributed by atoms with van der Waals surface area (Å²) in [6, 6.07) is 6.69. The predicted molar refractivity (Wildman–Crippen MR) is 108 cm³/mol. The zero-order valence-electron chi connectivity index (χ0n) is 14.5. The van der Waals surface area contributed by atoms with Gasteiger partial charge < -0.3 is 15.3 Å². The Morgan fingerprint density at radius 3 is 2.39 bits per heavy atom. The lowest BCUT2D eigenvalue weighted by atomic mass is 10.1. The van der Waals surface area contributed by atoms with Crippen LogP contribution in [0.15, 0.2) is 23.2 Å². The van der Waals surface area contributed by atoms with E-state index in [0.29, 0.717) is 0 Å². The Labute approximate surface area is 157 Å². The lowest BCUT2D eigenvalue weighted by Gasteiger charge is -2.32. The standard InChI is InChI=1S/C18H29N3O.HI/c1-4-19-18(21-9-6-17(22)7-10-21)20-8-5-16-12-14(2)11-15(3)13-16;/h11-13,17,22H,4-10H2,1-3H3,(H,19,20);1H. The molecule has 0 atom stereocenters. The Bertz CT molecular complexity index is 491. The number of aliphatic imine (C=N–C) groups is 1. The molecule has 0 aromatic heterocycles. The molecule has 2 rings (SSSR count). The Morgan fingerprint density at radius 1 is 1.22 bits per heavy atom. The Hall–Kier alpha value is -0.820. The summed E-state index contributed by atoms with van der Waals surface area (Å²) >= 11 is 0. The minimum atomic E-state index is -0.144. The summed E-state index contributed by atoms with van der Waals surface area (Å²) in [6.45, 7) is 9.82. The van der Waals surface area contributed by atoms with Crippen LogP contribution in [0.4, 0.5) is 0 Å². The van der Waals surface area contributed by atoms with Crippen LogP contribution in [-0.4, -0.2) is 48.2 Å². The Balaban J connectivity index is 0.00000264. The van der Waals surface area contributed by atoms with Crippen molar-refractivity contribution in [2.24, 2.45) is 4.99 Å². The molecular formula is C18H30IN3O. The summed E-state index contributed by atoms with van der Waals surface area (Å²) in [7, 11) is 0. The van der Waals surface area contributed by atoms with Crippen LogP contribution < -0.4 is 5.32 Å². The van der Waals surface area contributed by atoms with E-state index in [9.17, 15) is 5.11 Å². The molecule has 1 aliphatic rings. The molecule has 130 valence electrons. The third-order valence-corrected chi connectivity index (χ3v) is 4.04. The van der Waals surface area contributed by atoms with Crippen LogP contribution in [0.3, 0.4) is 0 Å². The van der Waals surface area contributed by atoms with E-state index >= 15 is 0 Å². The monoisotopic (exact) mass is 431 g/mol. The van der Waals surface area contributed by atoms with Crippen molar-refractivity contribution in [1.82, 2.24) is 10.2 Å². The fourth-order valence-corrected chi connectivity index (χ4v) is 3.01. The number of halogens is 1. The number of nitrogens with one attached hydrogen (secondary N) is 1. The molecule has 2 N–H and O–H groups in total. The summed E-state index contributed by atoms with van der Waals surface area (Å²) in [5.41, 5.74) is 3.98. The highest BCUT2D eigenvalue weighted by Crippen LogP contribution is 2.11. The number of aliphatic hydroxyl groups excluding tert-OH is 1. The first kappa shape index (κ1) is 20.2. The molecule has 1 aromatic carbocycles. The molecule has 1 heterocycles. The number of aryl methyl sites for hydroxylation is 2. The van der Waals surface area contributed by atoms with Gasteiger partial charge in [0.15, 0.2) is 5.96 Å². The third kappa shape index (κ3) is 6.67. The molecule has 1 fully saturated rings. The van der Waals surface area contributed by atoms with Crippen molar-refractivity contribution in [3.05, 3.63) is 34.9 Å². The highest BCUT2D eigenvalue weighted by atomic mass is 127. The number of guanidine groups is 1. The molecule has 0 amide bonds. The van der Waals surface area contributed by atoms with Crippen molar-refractivity contribution in [3.63, 3.8) is 0 Å². The van der Waals surface area contributed by atoms with E-state index in [0.717, 1.165) is 51.4 Å². The first-order valence-electron chi connectivity index (χ1n) is 8.37. The van der Waals surface area contributed by atoms with Gasteiger partial charge >= 0.3 is 0 Å². The molecule has 5 heteroatoms. The number of hydrogen-bond acceptors (Lipinski definition) is 2. The topological polar surface area (TPSA) is 47.9 Å². The van der Waals surface area contributed by atoms with Crippen LogP contribution in [-0.2, 0) is 6.42 Å². The van der Waals surface area contributed by atoms with E-state index in [1.54, 1.807) is 0 Å². The van der Waals surface area contributed by atoms with Gasteiger partial charge in [0.2, 0.25) is 0 Å². The number of aliphatic hydroxyl groups is 1. The van der Waals surface area contributed by atoms with Crippen LogP contribution in [0, 0.1) is 13.8 Å². The molecule has 0 radical (unpaired) electrons. The summed E-state index contributed by atoms with van der Waals surface area (Å²) in [5, 5.41) is 13.0. The lowest BCUT2D eigenvalue weighted by Crippen LogP contribution is -2.46. The van der Waals surface area contributed by atoms with E-state index in [2.05, 4.69) is 49.2 Å². The highest BCUT2D eigenvalue weighted by molar-refractivity contribution is 14.0. The van der Waals surface area contributed by atoms with Crippen molar-refractivity contribution in [1.29, 1.82) is 0 Å². The minimum absolute atomic E-state index is 0. The van der Waals surface area contributed by atoms with Gasteiger partial charge in [-0.1, -0.05) is 29.3 Å². The summed E-state index contributed by atoms with van der Waals surface area (Å²) in [6.07, 6.45) is 2.49. The van der Waals surface area contributed by atoms with Gasteiger partial charge in [0.25, 0.3) is 0 Å². The second kappa shape index (κ2) is 10.1. The molecule has 1 saturated heterocycles. The molecule has 1 aromatic rings. The number of rotatable bonds is 4. The third-order valence-electron chi connectivity index (χ3n) is 4.04. The van der Waals surface area contributed by atoms with Crippen molar-refractivity contribution >= 4 is 29.9 Å². The van der Waals surface area contributed by atoms with Crippen molar-refractivity contribution in [2.75, 3.05) is 26.2 Å². The van der Waals surface area contributed by atoms with E-state index in [1.807, 2.05) is 0 Å². The molecule has 4 nitrogen and oxygen atoms in total. The van der Waals surface area contributed by atoms with Crippen molar-refractivity contribution < 1.29 is 5.11 Å². The van der Waals surface area contributed by atoms with Crippen LogP contribution in [0.1, 0.15) is 36.5 Å². The molecule has 0 bridgehead atoms. The second-order valence-corrected chi connectivity index (χ2v) is 6.20. The lowest BCUT2D eigenvalue weighted by molar-refractivity contribution is 0.108. The van der Waals surface area contributed by atoms with E-state index in [1.165, 1.54) is 16.7 Å². The second-order valence-electron chi connectivity index (χ2n) is 6.20. The van der Waals surface area contributed by atoms with Crippen LogP contribution in [0.5, 0.6) is 0 Å². The van der Waals surface area contributed by atoms with Gasteiger partial charge in [0.05, 0.1) is 6.10 Å². The maximum absolute atomic E-state index is 9.63. The van der Waals surface area contributed by atoms with E-state index in [4.69, 9.17) is 4.99 Å². The van der Waals surface area contributed by atoms with E-state index < -0.39 is 0 Å². The van der Waals surface area contributed by atoms with Crippen LogP contribution in [0.2, 0.25) is 0 Å². The molecular weight excluding hydrogens is 401 g/mol. The first-order valence-corrected chi connectivity index (χ1v) is 8.37. The van der Waals surface area contributed by atoms with Crippen molar-refractivity contribution in [2.45, 2.75) is 46.1 Å². The maximum atomic E-state index is 9.63. The molecule has 0 aliphatic carbocycles.